The molecule has 0 spiro atoms. The van der Waals surface area contributed by atoms with Crippen molar-refractivity contribution in [3.63, 3.8) is 0 Å². The molecule has 13 heavy (non-hydrogen) atoms. The van der Waals surface area contributed by atoms with Gasteiger partial charge in [-0.05, 0) is 12.1 Å². The van der Waals surface area contributed by atoms with Gasteiger partial charge < -0.3 is 5.32 Å². The third kappa shape index (κ3) is 1.91. The molecule has 0 heterocycles. The van der Waals surface area contributed by atoms with Crippen molar-refractivity contribution in [2.45, 2.75) is 6.18 Å². The van der Waals surface area contributed by atoms with Crippen molar-refractivity contribution < 1.29 is 17.6 Å². The minimum absolute atomic E-state index is 0.519. The van der Waals surface area contributed by atoms with Crippen LogP contribution in [0.5, 0.6) is 0 Å². The second-order valence-corrected chi connectivity index (χ2v) is 2.41. The molecule has 0 unspecified atom stereocenters. The molecule has 0 aliphatic rings. The van der Waals surface area contributed by atoms with Crippen LogP contribution in [0.3, 0.4) is 0 Å². The summed E-state index contributed by atoms with van der Waals surface area (Å²) in [6, 6.07) is 2.83. The van der Waals surface area contributed by atoms with Crippen LogP contribution in [0.25, 0.3) is 0 Å². The largest absolute Gasteiger partial charge is 0.418 e. The molecular formula is C8H7F4N. The van der Waals surface area contributed by atoms with Crippen molar-refractivity contribution >= 4 is 5.69 Å². The molecule has 1 aromatic carbocycles. The van der Waals surface area contributed by atoms with E-state index in [0.717, 1.165) is 18.2 Å². The first-order valence-electron chi connectivity index (χ1n) is 3.50. The number of alkyl halides is 3. The molecule has 0 amide bonds. The highest BCUT2D eigenvalue weighted by atomic mass is 19.4. The van der Waals surface area contributed by atoms with E-state index in [1.54, 1.807) is 0 Å². The van der Waals surface area contributed by atoms with Gasteiger partial charge in [-0.25, -0.2) is 4.39 Å². The fourth-order valence-corrected chi connectivity index (χ4v) is 1.01. The van der Waals surface area contributed by atoms with Crippen molar-refractivity contribution in [2.75, 3.05) is 12.4 Å². The highest BCUT2D eigenvalue weighted by molar-refractivity contribution is 5.53. The van der Waals surface area contributed by atoms with Crippen LogP contribution in [0.1, 0.15) is 5.56 Å². The molecule has 0 atom stereocenters. The Balaban J connectivity index is 3.29. The summed E-state index contributed by atoms with van der Waals surface area (Å²) in [4.78, 5) is 0. The molecule has 0 aliphatic heterocycles. The summed E-state index contributed by atoms with van der Waals surface area (Å²) in [7, 11) is 1.24. The summed E-state index contributed by atoms with van der Waals surface area (Å²) in [5.41, 5.74) is -1.51. The maximum Gasteiger partial charge on any atom is 0.418 e. The number of rotatable bonds is 1. The zero-order valence-corrected chi connectivity index (χ0v) is 6.74. The fourth-order valence-electron chi connectivity index (χ4n) is 1.01. The Morgan fingerprint density at radius 3 is 2.23 bits per heavy atom. The van der Waals surface area contributed by atoms with Crippen LogP contribution in [0.4, 0.5) is 23.2 Å². The van der Waals surface area contributed by atoms with Gasteiger partial charge >= 0.3 is 6.18 Å². The predicted molar refractivity (Wildman–Crippen MR) is 40.9 cm³/mol. The lowest BCUT2D eigenvalue weighted by Gasteiger charge is -2.12. The van der Waals surface area contributed by atoms with E-state index in [4.69, 9.17) is 0 Å². The second kappa shape index (κ2) is 3.24. The quantitative estimate of drug-likeness (QED) is 0.676. The van der Waals surface area contributed by atoms with Crippen LogP contribution in [0.2, 0.25) is 0 Å². The lowest BCUT2D eigenvalue weighted by atomic mass is 10.1. The van der Waals surface area contributed by atoms with Crippen LogP contribution in [0.15, 0.2) is 18.2 Å². The Morgan fingerprint density at radius 1 is 1.23 bits per heavy atom. The van der Waals surface area contributed by atoms with Gasteiger partial charge in [-0.3, -0.25) is 0 Å². The van der Waals surface area contributed by atoms with Gasteiger partial charge in [0.15, 0.2) is 0 Å². The van der Waals surface area contributed by atoms with Crippen molar-refractivity contribution in [3.05, 3.63) is 29.6 Å². The van der Waals surface area contributed by atoms with Gasteiger partial charge in [-0.15, -0.1) is 0 Å². The summed E-state index contributed by atoms with van der Waals surface area (Å²) in [6.07, 6.45) is -4.53. The van der Waals surface area contributed by atoms with Gasteiger partial charge in [0.25, 0.3) is 0 Å². The monoisotopic (exact) mass is 193 g/mol. The summed E-state index contributed by atoms with van der Waals surface area (Å²) in [5, 5.41) is 2.18. The molecule has 1 aromatic rings. The third-order valence-electron chi connectivity index (χ3n) is 1.57. The van der Waals surface area contributed by atoms with Crippen LogP contribution in [-0.4, -0.2) is 7.05 Å². The van der Waals surface area contributed by atoms with Crippen molar-refractivity contribution in [2.24, 2.45) is 0 Å². The van der Waals surface area contributed by atoms with Gasteiger partial charge in [-0.2, -0.15) is 13.2 Å². The van der Waals surface area contributed by atoms with E-state index >= 15 is 0 Å². The molecule has 1 rings (SSSR count). The number of halogens is 4. The van der Waals surface area contributed by atoms with Crippen LogP contribution in [-0.2, 0) is 6.18 Å². The van der Waals surface area contributed by atoms with Gasteiger partial charge in [-0.1, -0.05) is 6.07 Å². The first-order valence-corrected chi connectivity index (χ1v) is 3.50. The Kier molecular flexibility index (Phi) is 2.45. The Labute approximate surface area is 72.4 Å². The number of hydrogen-bond donors (Lipinski definition) is 1. The molecule has 0 aliphatic carbocycles. The zero-order chi connectivity index (χ0) is 10.1. The maximum absolute atomic E-state index is 12.8. The number of benzene rings is 1. The Bertz CT molecular complexity index is 306. The molecule has 0 saturated heterocycles. The molecule has 0 radical (unpaired) electrons. The summed E-state index contributed by atoms with van der Waals surface area (Å²) < 4.78 is 49.4. The first-order chi connectivity index (χ1) is 5.96. The van der Waals surface area contributed by atoms with Crippen LogP contribution in [0, 0.1) is 5.82 Å². The average Bonchev–Trinajstić information content (AvgIpc) is 2.02. The van der Waals surface area contributed by atoms with E-state index in [0.29, 0.717) is 0 Å². The van der Waals surface area contributed by atoms with E-state index in [1.807, 2.05) is 0 Å². The standard InChI is InChI=1S/C8H7F4N/c1-13-7-5(8(10,11)12)3-2-4-6(7)9/h2-4,13H,1H3. The molecule has 1 nitrogen and oxygen atoms in total. The third-order valence-corrected chi connectivity index (χ3v) is 1.57. The van der Waals surface area contributed by atoms with E-state index < -0.39 is 23.2 Å². The maximum atomic E-state index is 12.8. The normalized spacial score (nSPS) is 11.5. The minimum atomic E-state index is -4.53. The number of anilines is 1. The van der Waals surface area contributed by atoms with E-state index in [1.165, 1.54) is 7.05 Å². The molecule has 5 heteroatoms. The Hall–Kier alpha value is -1.26. The lowest BCUT2D eigenvalue weighted by Crippen LogP contribution is -2.10. The van der Waals surface area contributed by atoms with E-state index in [9.17, 15) is 17.6 Å². The van der Waals surface area contributed by atoms with E-state index in [-0.39, 0.29) is 0 Å². The highest BCUT2D eigenvalue weighted by Crippen LogP contribution is 2.35. The topological polar surface area (TPSA) is 12.0 Å². The molecule has 0 bridgehead atoms. The number of hydrogen-bond acceptors (Lipinski definition) is 1. The van der Waals surface area contributed by atoms with E-state index in [2.05, 4.69) is 5.32 Å². The number of nitrogens with one attached hydrogen (secondary N) is 1. The van der Waals surface area contributed by atoms with Gasteiger partial charge in [0.05, 0.1) is 11.3 Å². The fraction of sp³-hybridized carbons (Fsp3) is 0.250. The number of para-hydroxylation sites is 1. The highest BCUT2D eigenvalue weighted by Gasteiger charge is 2.34. The van der Waals surface area contributed by atoms with Crippen LogP contribution < -0.4 is 5.32 Å². The summed E-state index contributed by atoms with van der Waals surface area (Å²) >= 11 is 0. The SMILES string of the molecule is CNc1c(F)cccc1C(F)(F)F. The minimum Gasteiger partial charge on any atom is -0.385 e. The van der Waals surface area contributed by atoms with Crippen molar-refractivity contribution in [3.8, 4) is 0 Å². The van der Waals surface area contributed by atoms with Gasteiger partial charge in [0, 0.05) is 7.05 Å². The smallest absolute Gasteiger partial charge is 0.385 e. The van der Waals surface area contributed by atoms with Crippen molar-refractivity contribution in [1.82, 2.24) is 0 Å². The van der Waals surface area contributed by atoms with Crippen molar-refractivity contribution in [1.29, 1.82) is 0 Å². The molecule has 0 saturated carbocycles. The van der Waals surface area contributed by atoms with Gasteiger partial charge in [0.2, 0.25) is 0 Å². The predicted octanol–water partition coefficient (Wildman–Crippen LogP) is 2.89. The second-order valence-electron chi connectivity index (χ2n) is 2.41. The zero-order valence-electron chi connectivity index (χ0n) is 6.74. The lowest BCUT2D eigenvalue weighted by molar-refractivity contribution is -0.137. The molecule has 0 aromatic heterocycles. The van der Waals surface area contributed by atoms with Gasteiger partial charge in [0.1, 0.15) is 5.82 Å². The Morgan fingerprint density at radius 2 is 1.85 bits per heavy atom. The first kappa shape index (κ1) is 9.83. The molecule has 1 N–H and O–H groups in total. The molecule has 72 valence electrons. The summed E-state index contributed by atoms with van der Waals surface area (Å²) in [6.45, 7) is 0. The molecular weight excluding hydrogens is 186 g/mol. The summed E-state index contributed by atoms with van der Waals surface area (Å²) in [5.74, 6) is -0.905. The van der Waals surface area contributed by atoms with Crippen LogP contribution >= 0.6 is 0 Å². The average molecular weight is 193 g/mol. The molecule has 0 fully saturated rings.